The van der Waals surface area contributed by atoms with E-state index in [-0.39, 0.29) is 24.0 Å². The lowest BCUT2D eigenvalue weighted by Crippen LogP contribution is -2.43. The topological polar surface area (TPSA) is 47.6 Å². The molecule has 0 aromatic heterocycles. The Morgan fingerprint density at radius 3 is 3.17 bits per heavy atom. The maximum atomic E-state index is 12.0. The van der Waals surface area contributed by atoms with Crippen molar-refractivity contribution in [1.82, 2.24) is 0 Å². The minimum Gasteiger partial charge on any atom is -0.464 e. The summed E-state index contributed by atoms with van der Waals surface area (Å²) in [6.07, 6.45) is 0.923. The van der Waals surface area contributed by atoms with Gasteiger partial charge in [-0.05, 0) is 19.4 Å². The molecule has 1 aromatic rings. The Hall–Kier alpha value is -1.55. The molecule has 1 N–H and O–H groups in total. The van der Waals surface area contributed by atoms with Crippen molar-refractivity contribution in [2.24, 2.45) is 5.92 Å². The summed E-state index contributed by atoms with van der Waals surface area (Å²) in [7, 11) is 0. The third-order valence-electron chi connectivity index (χ3n) is 3.68. The van der Waals surface area contributed by atoms with Crippen molar-refractivity contribution in [3.05, 3.63) is 29.8 Å². The smallest absolute Gasteiger partial charge is 0.328 e. The molecule has 0 spiro atoms. The highest BCUT2D eigenvalue weighted by Gasteiger charge is 2.44. The van der Waals surface area contributed by atoms with E-state index in [1.165, 1.54) is 0 Å². The molecule has 0 aliphatic carbocycles. The Kier molecular flexibility index (Phi) is 2.96. The fraction of sp³-hybridized carbons (Fsp3) is 0.500. The first kappa shape index (κ1) is 11.5. The van der Waals surface area contributed by atoms with E-state index >= 15 is 0 Å². The van der Waals surface area contributed by atoms with Gasteiger partial charge in [-0.2, -0.15) is 0 Å². The molecule has 3 rings (SSSR count). The number of nitrogens with one attached hydrogen (secondary N) is 1. The van der Waals surface area contributed by atoms with Crippen LogP contribution in [0.5, 0.6) is 0 Å². The van der Waals surface area contributed by atoms with Crippen molar-refractivity contribution in [3.8, 4) is 0 Å². The zero-order valence-electron chi connectivity index (χ0n) is 10.4. The second-order valence-electron chi connectivity index (χ2n) is 4.71. The second kappa shape index (κ2) is 4.61. The van der Waals surface area contributed by atoms with Crippen LogP contribution in [0.4, 0.5) is 5.69 Å². The van der Waals surface area contributed by atoms with Gasteiger partial charge in [0.1, 0.15) is 6.04 Å². The molecule has 1 fully saturated rings. The monoisotopic (exact) mass is 247 g/mol. The molecule has 2 heterocycles. The quantitative estimate of drug-likeness (QED) is 0.813. The molecule has 1 aromatic carbocycles. The third kappa shape index (κ3) is 1.77. The summed E-state index contributed by atoms with van der Waals surface area (Å²) in [6, 6.07) is 7.73. The summed E-state index contributed by atoms with van der Waals surface area (Å²) in [5, 5.41) is 3.30. The summed E-state index contributed by atoms with van der Waals surface area (Å²) < 4.78 is 10.9. The zero-order chi connectivity index (χ0) is 12.5. The number of hydrogen-bond acceptors (Lipinski definition) is 4. The van der Waals surface area contributed by atoms with E-state index in [0.717, 1.165) is 17.7 Å². The predicted octanol–water partition coefficient (Wildman–Crippen LogP) is 2.12. The number of benzene rings is 1. The standard InChI is InChI=1S/C14H17NO3/c1-2-17-14(16)12-10-7-8-18-13(10)9-5-3-4-6-11(9)15-12/h3-6,10,12-13,15H,2,7-8H2,1H3/t10-,12?,13+/m0/s1. The first-order valence-electron chi connectivity index (χ1n) is 6.45. The van der Waals surface area contributed by atoms with Crippen LogP contribution < -0.4 is 5.32 Å². The molecule has 0 amide bonds. The molecule has 3 atom stereocenters. The van der Waals surface area contributed by atoms with Crippen molar-refractivity contribution in [1.29, 1.82) is 0 Å². The number of esters is 1. The average Bonchev–Trinajstić information content (AvgIpc) is 2.87. The van der Waals surface area contributed by atoms with E-state index in [2.05, 4.69) is 11.4 Å². The van der Waals surface area contributed by atoms with E-state index in [4.69, 9.17) is 9.47 Å². The van der Waals surface area contributed by atoms with E-state index in [0.29, 0.717) is 13.2 Å². The average molecular weight is 247 g/mol. The highest BCUT2D eigenvalue weighted by atomic mass is 16.5. The zero-order valence-corrected chi connectivity index (χ0v) is 10.4. The number of carbonyl (C=O) groups is 1. The van der Waals surface area contributed by atoms with Gasteiger partial charge in [-0.15, -0.1) is 0 Å². The number of anilines is 1. The summed E-state index contributed by atoms with van der Waals surface area (Å²) in [4.78, 5) is 12.0. The number of hydrogen-bond donors (Lipinski definition) is 1. The molecule has 4 nitrogen and oxygen atoms in total. The van der Waals surface area contributed by atoms with Crippen LogP contribution in [-0.4, -0.2) is 25.2 Å². The van der Waals surface area contributed by atoms with Gasteiger partial charge in [-0.25, -0.2) is 4.79 Å². The number of fused-ring (bicyclic) bond motifs is 3. The largest absolute Gasteiger partial charge is 0.464 e. The first-order chi connectivity index (χ1) is 8.81. The molecule has 2 aliphatic heterocycles. The molecule has 1 unspecified atom stereocenters. The molecule has 1 saturated heterocycles. The van der Waals surface area contributed by atoms with Crippen LogP contribution in [-0.2, 0) is 14.3 Å². The van der Waals surface area contributed by atoms with Crippen LogP contribution in [0.15, 0.2) is 24.3 Å². The summed E-state index contributed by atoms with van der Waals surface area (Å²) >= 11 is 0. The number of para-hydroxylation sites is 1. The van der Waals surface area contributed by atoms with Gasteiger partial charge in [-0.3, -0.25) is 0 Å². The number of carbonyl (C=O) groups excluding carboxylic acids is 1. The predicted molar refractivity (Wildman–Crippen MR) is 67.3 cm³/mol. The lowest BCUT2D eigenvalue weighted by Gasteiger charge is -2.34. The Morgan fingerprint density at radius 1 is 1.50 bits per heavy atom. The van der Waals surface area contributed by atoms with E-state index in [1.807, 2.05) is 25.1 Å². The molecule has 0 radical (unpaired) electrons. The molecule has 2 aliphatic rings. The minimum atomic E-state index is -0.285. The maximum Gasteiger partial charge on any atom is 0.328 e. The van der Waals surface area contributed by atoms with Crippen LogP contribution in [0.25, 0.3) is 0 Å². The Morgan fingerprint density at radius 2 is 2.33 bits per heavy atom. The molecular formula is C14H17NO3. The van der Waals surface area contributed by atoms with Crippen LogP contribution in [0.3, 0.4) is 0 Å². The van der Waals surface area contributed by atoms with Crippen molar-refractivity contribution in [2.75, 3.05) is 18.5 Å². The number of ether oxygens (including phenoxy) is 2. The SMILES string of the molecule is CCOC(=O)C1Nc2ccccc2[C@H]2OCC[C@@H]12. The van der Waals surface area contributed by atoms with Gasteiger partial charge in [0, 0.05) is 23.8 Å². The minimum absolute atomic E-state index is 0.0249. The molecular weight excluding hydrogens is 230 g/mol. The van der Waals surface area contributed by atoms with E-state index in [1.54, 1.807) is 0 Å². The van der Waals surface area contributed by atoms with Crippen LogP contribution in [0, 0.1) is 5.92 Å². The van der Waals surface area contributed by atoms with Gasteiger partial charge in [0.25, 0.3) is 0 Å². The van der Waals surface area contributed by atoms with Crippen LogP contribution in [0.1, 0.15) is 25.0 Å². The Balaban J connectivity index is 1.93. The van der Waals surface area contributed by atoms with Gasteiger partial charge < -0.3 is 14.8 Å². The third-order valence-corrected chi connectivity index (χ3v) is 3.68. The normalized spacial score (nSPS) is 29.1. The Labute approximate surface area is 106 Å². The molecule has 4 heteroatoms. The molecule has 0 bridgehead atoms. The fourth-order valence-electron chi connectivity index (χ4n) is 2.88. The van der Waals surface area contributed by atoms with Crippen LogP contribution >= 0.6 is 0 Å². The number of rotatable bonds is 2. The van der Waals surface area contributed by atoms with Gasteiger partial charge in [-0.1, -0.05) is 18.2 Å². The van der Waals surface area contributed by atoms with Gasteiger partial charge >= 0.3 is 5.97 Å². The Bertz CT molecular complexity index is 460. The van der Waals surface area contributed by atoms with E-state index in [9.17, 15) is 4.79 Å². The highest BCUT2D eigenvalue weighted by Crippen LogP contribution is 2.44. The van der Waals surface area contributed by atoms with Crippen molar-refractivity contribution in [3.63, 3.8) is 0 Å². The lowest BCUT2D eigenvalue weighted by molar-refractivity contribution is -0.146. The van der Waals surface area contributed by atoms with Crippen LogP contribution in [0.2, 0.25) is 0 Å². The molecule has 96 valence electrons. The molecule has 0 saturated carbocycles. The van der Waals surface area contributed by atoms with E-state index < -0.39 is 0 Å². The van der Waals surface area contributed by atoms with Crippen molar-refractivity contribution >= 4 is 11.7 Å². The highest BCUT2D eigenvalue weighted by molar-refractivity contribution is 5.81. The first-order valence-corrected chi connectivity index (χ1v) is 6.45. The van der Waals surface area contributed by atoms with Gasteiger partial charge in [0.05, 0.1) is 12.7 Å². The summed E-state index contributed by atoms with van der Waals surface area (Å²) in [6.45, 7) is 2.95. The van der Waals surface area contributed by atoms with Crippen molar-refractivity contribution < 1.29 is 14.3 Å². The second-order valence-corrected chi connectivity index (χ2v) is 4.71. The van der Waals surface area contributed by atoms with Crippen molar-refractivity contribution in [2.45, 2.75) is 25.5 Å². The molecule has 18 heavy (non-hydrogen) atoms. The fourth-order valence-corrected chi connectivity index (χ4v) is 2.88. The maximum absolute atomic E-state index is 12.0. The summed E-state index contributed by atoms with van der Waals surface area (Å²) in [5.41, 5.74) is 2.14. The summed E-state index contributed by atoms with van der Waals surface area (Å²) in [5.74, 6) is 0.00598. The van der Waals surface area contributed by atoms with Gasteiger partial charge in [0.15, 0.2) is 0 Å². The lowest BCUT2D eigenvalue weighted by atomic mass is 9.84. The van der Waals surface area contributed by atoms with Gasteiger partial charge in [0.2, 0.25) is 0 Å².